The molecule has 0 saturated carbocycles. The number of aryl methyl sites for hydroxylation is 1. The zero-order chi connectivity index (χ0) is 9.42. The van der Waals surface area contributed by atoms with E-state index in [0.29, 0.717) is 12.2 Å². The lowest BCUT2D eigenvalue weighted by atomic mass is 10.4. The van der Waals surface area contributed by atoms with Crippen molar-refractivity contribution in [3.05, 3.63) is 28.7 Å². The van der Waals surface area contributed by atoms with E-state index in [9.17, 15) is 9.18 Å². The quantitative estimate of drug-likeness (QED) is 0.710. The van der Waals surface area contributed by atoms with E-state index in [1.165, 1.54) is 12.5 Å². The zero-order valence-corrected chi connectivity index (χ0v) is 7.04. The average molecular weight is 181 g/mol. The van der Waals surface area contributed by atoms with Crippen molar-refractivity contribution in [2.24, 2.45) is 0 Å². The summed E-state index contributed by atoms with van der Waals surface area (Å²) >= 11 is 0. The molecule has 4 nitrogen and oxygen atoms in total. The minimum Gasteiger partial charge on any atom is -0.330 e. The fourth-order valence-electron chi connectivity index (χ4n) is 1.33. The summed E-state index contributed by atoms with van der Waals surface area (Å²) in [4.78, 5) is 17.4. The molecule has 0 fully saturated rings. The molecular formula is C8H8FN3O. The smallest absolute Gasteiger partial charge is 0.263 e. The molecule has 0 unspecified atom stereocenters. The van der Waals surface area contributed by atoms with E-state index >= 15 is 0 Å². The highest BCUT2D eigenvalue weighted by Gasteiger charge is 2.10. The van der Waals surface area contributed by atoms with Crippen LogP contribution in [-0.2, 0) is 6.54 Å². The normalized spacial score (nSPS) is 10.9. The van der Waals surface area contributed by atoms with Gasteiger partial charge in [0.05, 0.1) is 6.33 Å². The molecule has 5 heteroatoms. The maximum absolute atomic E-state index is 13.2. The van der Waals surface area contributed by atoms with Gasteiger partial charge in [0.2, 0.25) is 0 Å². The van der Waals surface area contributed by atoms with Gasteiger partial charge >= 0.3 is 0 Å². The van der Waals surface area contributed by atoms with Crippen LogP contribution in [0.3, 0.4) is 0 Å². The van der Waals surface area contributed by atoms with Crippen LogP contribution in [0, 0.1) is 5.82 Å². The molecule has 0 aliphatic carbocycles. The molecule has 2 aromatic heterocycles. The Kier molecular flexibility index (Phi) is 1.65. The second-order valence-corrected chi connectivity index (χ2v) is 2.69. The SMILES string of the molecule is CCn1cc(F)c2c(=O)[nH]cnc21. The lowest BCUT2D eigenvalue weighted by Gasteiger charge is -1.96. The molecule has 0 aliphatic rings. The van der Waals surface area contributed by atoms with Crippen LogP contribution < -0.4 is 5.56 Å². The molecule has 0 saturated heterocycles. The number of nitrogens with one attached hydrogen (secondary N) is 1. The van der Waals surface area contributed by atoms with Crippen molar-refractivity contribution in [2.45, 2.75) is 13.5 Å². The van der Waals surface area contributed by atoms with Gasteiger partial charge in [-0.25, -0.2) is 9.37 Å². The second-order valence-electron chi connectivity index (χ2n) is 2.69. The van der Waals surface area contributed by atoms with Gasteiger partial charge in [-0.1, -0.05) is 0 Å². The highest BCUT2D eigenvalue weighted by atomic mass is 19.1. The highest BCUT2D eigenvalue weighted by molar-refractivity contribution is 5.75. The fourth-order valence-corrected chi connectivity index (χ4v) is 1.33. The third-order valence-corrected chi connectivity index (χ3v) is 1.95. The van der Waals surface area contributed by atoms with Gasteiger partial charge in [0.1, 0.15) is 11.0 Å². The Bertz CT molecular complexity index is 500. The third-order valence-electron chi connectivity index (χ3n) is 1.95. The Morgan fingerprint density at radius 3 is 3.15 bits per heavy atom. The number of H-pyrrole nitrogens is 1. The third kappa shape index (κ3) is 1.04. The van der Waals surface area contributed by atoms with Crippen LogP contribution in [0.2, 0.25) is 0 Å². The van der Waals surface area contributed by atoms with Crippen molar-refractivity contribution in [2.75, 3.05) is 0 Å². The van der Waals surface area contributed by atoms with Gasteiger partial charge in [-0.3, -0.25) is 4.79 Å². The van der Waals surface area contributed by atoms with Crippen LogP contribution in [0.5, 0.6) is 0 Å². The van der Waals surface area contributed by atoms with Gasteiger partial charge < -0.3 is 9.55 Å². The lowest BCUT2D eigenvalue weighted by molar-refractivity contribution is 0.626. The van der Waals surface area contributed by atoms with Crippen LogP contribution >= 0.6 is 0 Å². The molecule has 0 atom stereocenters. The topological polar surface area (TPSA) is 50.7 Å². The fraction of sp³-hybridized carbons (Fsp3) is 0.250. The second kappa shape index (κ2) is 2.69. The summed E-state index contributed by atoms with van der Waals surface area (Å²) in [6.45, 7) is 2.46. The lowest BCUT2D eigenvalue weighted by Crippen LogP contribution is -2.07. The van der Waals surface area contributed by atoms with Gasteiger partial charge in [0.25, 0.3) is 5.56 Å². The molecule has 2 rings (SSSR count). The van der Waals surface area contributed by atoms with Crippen molar-refractivity contribution in [3.8, 4) is 0 Å². The van der Waals surface area contributed by atoms with Crippen molar-refractivity contribution < 1.29 is 4.39 Å². The van der Waals surface area contributed by atoms with Gasteiger partial charge in [0.15, 0.2) is 5.82 Å². The Morgan fingerprint density at radius 2 is 2.46 bits per heavy atom. The van der Waals surface area contributed by atoms with E-state index < -0.39 is 11.4 Å². The van der Waals surface area contributed by atoms with Crippen molar-refractivity contribution in [1.82, 2.24) is 14.5 Å². The van der Waals surface area contributed by atoms with Gasteiger partial charge in [0, 0.05) is 12.7 Å². The summed E-state index contributed by atoms with van der Waals surface area (Å²) < 4.78 is 14.8. The zero-order valence-electron chi connectivity index (χ0n) is 7.04. The molecule has 2 aromatic rings. The first-order chi connectivity index (χ1) is 6.24. The summed E-state index contributed by atoms with van der Waals surface area (Å²) in [6.07, 6.45) is 2.56. The number of hydrogen-bond acceptors (Lipinski definition) is 2. The standard InChI is InChI=1S/C8H8FN3O/c1-2-12-3-5(9)6-7(12)10-4-11-8(6)13/h3-4H,2H2,1H3,(H,10,11,13). The van der Waals surface area contributed by atoms with E-state index in [0.717, 1.165) is 0 Å². The first-order valence-corrected chi connectivity index (χ1v) is 3.96. The molecule has 0 amide bonds. The number of nitrogens with zero attached hydrogens (tertiary/aromatic N) is 2. The molecule has 0 aliphatic heterocycles. The highest BCUT2D eigenvalue weighted by Crippen LogP contribution is 2.12. The molecule has 1 N–H and O–H groups in total. The van der Waals surface area contributed by atoms with E-state index in [1.54, 1.807) is 4.57 Å². The number of rotatable bonds is 1. The summed E-state index contributed by atoms with van der Waals surface area (Å²) in [7, 11) is 0. The van der Waals surface area contributed by atoms with Gasteiger partial charge in [-0.05, 0) is 6.92 Å². The largest absolute Gasteiger partial charge is 0.330 e. The Labute approximate surface area is 73.0 Å². The Hall–Kier alpha value is -1.65. The first kappa shape index (κ1) is 7.97. The van der Waals surface area contributed by atoms with E-state index in [1.807, 2.05) is 6.92 Å². The first-order valence-electron chi connectivity index (χ1n) is 3.96. The molecule has 13 heavy (non-hydrogen) atoms. The maximum Gasteiger partial charge on any atom is 0.263 e. The number of aromatic nitrogens is 3. The molecular weight excluding hydrogens is 173 g/mol. The molecule has 0 radical (unpaired) electrons. The van der Waals surface area contributed by atoms with E-state index in [4.69, 9.17) is 0 Å². The number of fused-ring (bicyclic) bond motifs is 1. The van der Waals surface area contributed by atoms with Crippen LogP contribution in [0.15, 0.2) is 17.3 Å². The Morgan fingerprint density at radius 1 is 1.69 bits per heavy atom. The van der Waals surface area contributed by atoms with E-state index in [2.05, 4.69) is 9.97 Å². The summed E-state index contributed by atoms with van der Waals surface area (Å²) in [6, 6.07) is 0. The van der Waals surface area contributed by atoms with Gasteiger partial charge in [-0.2, -0.15) is 0 Å². The number of hydrogen-bond donors (Lipinski definition) is 1. The monoisotopic (exact) mass is 181 g/mol. The van der Waals surface area contributed by atoms with E-state index in [-0.39, 0.29) is 5.39 Å². The van der Waals surface area contributed by atoms with Crippen LogP contribution in [0.1, 0.15) is 6.92 Å². The molecule has 0 aromatic carbocycles. The van der Waals surface area contributed by atoms with Crippen molar-refractivity contribution in [1.29, 1.82) is 0 Å². The Balaban J connectivity index is 2.96. The molecule has 0 bridgehead atoms. The van der Waals surface area contributed by atoms with Crippen molar-refractivity contribution in [3.63, 3.8) is 0 Å². The number of aromatic amines is 1. The summed E-state index contributed by atoms with van der Waals surface area (Å²) in [5.41, 5.74) is -0.0431. The summed E-state index contributed by atoms with van der Waals surface area (Å²) in [5.74, 6) is -0.522. The minimum atomic E-state index is -0.522. The predicted octanol–water partition coefficient (Wildman–Crippen LogP) is 0.884. The average Bonchev–Trinajstić information content (AvgIpc) is 2.44. The van der Waals surface area contributed by atoms with Crippen molar-refractivity contribution >= 4 is 11.0 Å². The predicted molar refractivity (Wildman–Crippen MR) is 46.0 cm³/mol. The molecule has 68 valence electrons. The van der Waals surface area contributed by atoms with Gasteiger partial charge in [-0.15, -0.1) is 0 Å². The summed E-state index contributed by atoms with van der Waals surface area (Å²) in [5, 5.41) is 0.0318. The van der Waals surface area contributed by atoms with Crippen LogP contribution in [0.25, 0.3) is 11.0 Å². The van der Waals surface area contributed by atoms with Crippen LogP contribution in [-0.4, -0.2) is 14.5 Å². The molecule has 2 heterocycles. The minimum absolute atomic E-state index is 0.0318. The molecule has 0 spiro atoms. The van der Waals surface area contributed by atoms with Crippen LogP contribution in [0.4, 0.5) is 4.39 Å². The maximum atomic E-state index is 13.2. The number of halogens is 1.